The molecule has 3 amide bonds. The number of likely N-dealkylation sites (tertiary alicyclic amines) is 1. The molecule has 0 aromatic rings. The average Bonchev–Trinajstić information content (AvgIpc) is 2.64. The molecule has 1 atom stereocenters. The van der Waals surface area contributed by atoms with Gasteiger partial charge in [0, 0.05) is 58.8 Å². The van der Waals surface area contributed by atoms with Crippen LogP contribution in [0.15, 0.2) is 0 Å². The van der Waals surface area contributed by atoms with E-state index in [4.69, 9.17) is 0 Å². The molecule has 0 aliphatic carbocycles. The van der Waals surface area contributed by atoms with E-state index in [1.807, 2.05) is 4.90 Å². The van der Waals surface area contributed by atoms with Crippen LogP contribution in [0.5, 0.6) is 0 Å². The second kappa shape index (κ2) is 13.2. The van der Waals surface area contributed by atoms with E-state index in [1.165, 1.54) is 0 Å². The monoisotopic (exact) mass is 403 g/mol. The maximum Gasteiger partial charge on any atom is 0.317 e. The summed E-state index contributed by atoms with van der Waals surface area (Å²) in [5.41, 5.74) is 0. The van der Waals surface area contributed by atoms with Crippen LogP contribution in [0.25, 0.3) is 0 Å². The van der Waals surface area contributed by atoms with Crippen LogP contribution in [0.4, 0.5) is 4.79 Å². The van der Waals surface area contributed by atoms with Gasteiger partial charge in [0.25, 0.3) is 0 Å². The van der Waals surface area contributed by atoms with E-state index in [1.54, 1.807) is 0 Å². The Bertz CT molecular complexity index is 444. The van der Waals surface area contributed by atoms with Crippen molar-refractivity contribution in [1.29, 1.82) is 0 Å². The molecule has 0 bridgehead atoms. The second-order valence-corrected chi connectivity index (χ2v) is 8.03. The highest BCUT2D eigenvalue weighted by Gasteiger charge is 2.25. The molecule has 158 valence electrons. The van der Waals surface area contributed by atoms with Crippen molar-refractivity contribution in [3.05, 3.63) is 0 Å². The SMILES string of the molecule is CC(C)CNC(=O)N1CCCC(CC(=O)NCCCN2CCNCC2)C1.Cl. The number of amides is 3. The average molecular weight is 404 g/mol. The first kappa shape index (κ1) is 24.0. The zero-order valence-corrected chi connectivity index (χ0v) is 17.8. The van der Waals surface area contributed by atoms with Crippen LogP contribution in [-0.4, -0.2) is 80.6 Å². The van der Waals surface area contributed by atoms with Gasteiger partial charge in [-0.2, -0.15) is 0 Å². The molecule has 2 aliphatic rings. The largest absolute Gasteiger partial charge is 0.356 e. The lowest BCUT2D eigenvalue weighted by Crippen LogP contribution is -2.47. The number of urea groups is 1. The number of carbonyl (C=O) groups excluding carboxylic acids is 2. The quantitative estimate of drug-likeness (QED) is 0.534. The molecule has 2 saturated heterocycles. The van der Waals surface area contributed by atoms with Gasteiger partial charge in [0.1, 0.15) is 0 Å². The molecule has 0 aromatic heterocycles. The normalized spacial score (nSPS) is 20.9. The zero-order valence-electron chi connectivity index (χ0n) is 17.0. The van der Waals surface area contributed by atoms with E-state index < -0.39 is 0 Å². The van der Waals surface area contributed by atoms with E-state index in [0.717, 1.165) is 65.1 Å². The van der Waals surface area contributed by atoms with E-state index in [0.29, 0.717) is 25.4 Å². The standard InChI is InChI=1S/C19H37N5O2.ClH/c1-16(2)14-22-19(26)24-10-3-5-17(15-24)13-18(25)21-6-4-9-23-11-7-20-8-12-23;/h16-17,20H,3-15H2,1-2H3,(H,21,25)(H,22,26);1H. The summed E-state index contributed by atoms with van der Waals surface area (Å²) in [6.07, 6.45) is 3.54. The number of carbonyl (C=O) groups is 2. The number of piperidine rings is 1. The highest BCUT2D eigenvalue weighted by molar-refractivity contribution is 5.85. The summed E-state index contributed by atoms with van der Waals surface area (Å²) in [5.74, 6) is 0.855. The number of nitrogens with zero attached hydrogens (tertiary/aromatic N) is 2. The van der Waals surface area contributed by atoms with Gasteiger partial charge in [0.2, 0.25) is 5.91 Å². The first-order valence-corrected chi connectivity index (χ1v) is 10.3. The molecular weight excluding hydrogens is 366 g/mol. The van der Waals surface area contributed by atoms with Crippen molar-refractivity contribution in [1.82, 2.24) is 25.8 Å². The van der Waals surface area contributed by atoms with Crippen LogP contribution in [0, 0.1) is 11.8 Å². The minimum Gasteiger partial charge on any atom is -0.356 e. The van der Waals surface area contributed by atoms with E-state index >= 15 is 0 Å². The highest BCUT2D eigenvalue weighted by atomic mass is 35.5. The van der Waals surface area contributed by atoms with Crippen LogP contribution in [0.1, 0.15) is 39.5 Å². The molecule has 8 heteroatoms. The number of halogens is 1. The fourth-order valence-corrected chi connectivity index (χ4v) is 3.62. The first-order valence-electron chi connectivity index (χ1n) is 10.3. The van der Waals surface area contributed by atoms with Crippen LogP contribution in [0.3, 0.4) is 0 Å². The highest BCUT2D eigenvalue weighted by Crippen LogP contribution is 2.19. The van der Waals surface area contributed by atoms with Crippen LogP contribution < -0.4 is 16.0 Å². The van der Waals surface area contributed by atoms with Crippen molar-refractivity contribution < 1.29 is 9.59 Å². The molecule has 0 saturated carbocycles. The molecule has 1 unspecified atom stereocenters. The van der Waals surface area contributed by atoms with Crippen LogP contribution >= 0.6 is 12.4 Å². The fourth-order valence-electron chi connectivity index (χ4n) is 3.62. The Balaban J connectivity index is 0.00000364. The summed E-state index contributed by atoms with van der Waals surface area (Å²) >= 11 is 0. The molecule has 2 aliphatic heterocycles. The smallest absolute Gasteiger partial charge is 0.317 e. The first-order chi connectivity index (χ1) is 12.5. The van der Waals surface area contributed by atoms with E-state index in [-0.39, 0.29) is 30.3 Å². The third-order valence-electron chi connectivity index (χ3n) is 5.12. The van der Waals surface area contributed by atoms with Gasteiger partial charge in [0.15, 0.2) is 0 Å². The number of hydrogen-bond donors (Lipinski definition) is 3. The topological polar surface area (TPSA) is 76.7 Å². The Morgan fingerprint density at radius 3 is 2.59 bits per heavy atom. The summed E-state index contributed by atoms with van der Waals surface area (Å²) in [7, 11) is 0. The van der Waals surface area contributed by atoms with Crippen molar-refractivity contribution >= 4 is 24.3 Å². The van der Waals surface area contributed by atoms with Gasteiger partial charge >= 0.3 is 6.03 Å². The fraction of sp³-hybridized carbons (Fsp3) is 0.895. The summed E-state index contributed by atoms with van der Waals surface area (Å²) in [5, 5.41) is 9.38. The summed E-state index contributed by atoms with van der Waals surface area (Å²) in [6.45, 7) is 12.5. The van der Waals surface area contributed by atoms with Gasteiger partial charge in [-0.15, -0.1) is 12.4 Å². The van der Waals surface area contributed by atoms with Crippen LogP contribution in [0.2, 0.25) is 0 Å². The van der Waals surface area contributed by atoms with Gasteiger partial charge in [-0.25, -0.2) is 4.79 Å². The minimum absolute atomic E-state index is 0. The van der Waals surface area contributed by atoms with Crippen molar-refractivity contribution in [3.63, 3.8) is 0 Å². The molecule has 3 N–H and O–H groups in total. The Kier molecular flexibility index (Phi) is 11.7. The lowest BCUT2D eigenvalue weighted by atomic mass is 9.94. The Morgan fingerprint density at radius 1 is 1.15 bits per heavy atom. The van der Waals surface area contributed by atoms with Gasteiger partial charge in [0.05, 0.1) is 0 Å². The van der Waals surface area contributed by atoms with Gasteiger partial charge in [-0.1, -0.05) is 13.8 Å². The third kappa shape index (κ3) is 9.63. The van der Waals surface area contributed by atoms with Crippen molar-refractivity contribution in [3.8, 4) is 0 Å². The van der Waals surface area contributed by atoms with Crippen molar-refractivity contribution in [2.24, 2.45) is 11.8 Å². The molecule has 0 radical (unpaired) electrons. The second-order valence-electron chi connectivity index (χ2n) is 8.03. The van der Waals surface area contributed by atoms with Crippen molar-refractivity contribution in [2.75, 3.05) is 58.9 Å². The number of nitrogens with one attached hydrogen (secondary N) is 3. The lowest BCUT2D eigenvalue weighted by Gasteiger charge is -2.32. The minimum atomic E-state index is 0. The molecule has 0 aromatic carbocycles. The Hall–Kier alpha value is -1.05. The predicted octanol–water partition coefficient (Wildman–Crippen LogP) is 1.29. The zero-order chi connectivity index (χ0) is 18.8. The molecule has 2 rings (SSSR count). The summed E-state index contributed by atoms with van der Waals surface area (Å²) in [4.78, 5) is 28.7. The van der Waals surface area contributed by atoms with Crippen LogP contribution in [-0.2, 0) is 4.79 Å². The molecule has 2 fully saturated rings. The number of piperazine rings is 1. The maximum absolute atomic E-state index is 12.2. The Labute approximate surface area is 170 Å². The lowest BCUT2D eigenvalue weighted by molar-refractivity contribution is -0.122. The summed E-state index contributed by atoms with van der Waals surface area (Å²) in [6, 6.07) is 0.0137. The molecular formula is C19H38ClN5O2. The maximum atomic E-state index is 12.2. The molecule has 7 nitrogen and oxygen atoms in total. The third-order valence-corrected chi connectivity index (χ3v) is 5.12. The molecule has 0 spiro atoms. The van der Waals surface area contributed by atoms with Gasteiger partial charge in [-0.3, -0.25) is 4.79 Å². The van der Waals surface area contributed by atoms with Crippen molar-refractivity contribution in [2.45, 2.75) is 39.5 Å². The number of hydrogen-bond acceptors (Lipinski definition) is 4. The van der Waals surface area contributed by atoms with Gasteiger partial charge in [-0.05, 0) is 37.6 Å². The molecule has 2 heterocycles. The van der Waals surface area contributed by atoms with E-state index in [9.17, 15) is 9.59 Å². The predicted molar refractivity (Wildman–Crippen MR) is 111 cm³/mol. The number of rotatable bonds is 8. The molecule has 27 heavy (non-hydrogen) atoms. The summed E-state index contributed by atoms with van der Waals surface area (Å²) < 4.78 is 0. The van der Waals surface area contributed by atoms with E-state index in [2.05, 4.69) is 34.7 Å². The Morgan fingerprint density at radius 2 is 1.89 bits per heavy atom. The van der Waals surface area contributed by atoms with Gasteiger partial charge < -0.3 is 25.8 Å².